The van der Waals surface area contributed by atoms with E-state index in [1.165, 1.54) is 29.5 Å². The lowest BCUT2D eigenvalue weighted by atomic mass is 10.2. The number of nitrogens with one attached hydrogen (secondary N) is 1. The van der Waals surface area contributed by atoms with Gasteiger partial charge >= 0.3 is 0 Å². The molecule has 0 aliphatic rings. The van der Waals surface area contributed by atoms with Gasteiger partial charge in [-0.3, -0.25) is 4.79 Å². The number of nitrogens with zero attached hydrogens (tertiary/aromatic N) is 3. The average Bonchev–Trinajstić information content (AvgIpc) is 2.90. The van der Waals surface area contributed by atoms with E-state index in [2.05, 4.69) is 15.4 Å². The molecule has 2 rings (SSSR count). The predicted octanol–water partition coefficient (Wildman–Crippen LogP) is 1.77. The lowest BCUT2D eigenvalue weighted by Crippen LogP contribution is -2.20. The maximum absolute atomic E-state index is 13.9. The number of hydrogen-bond donors (Lipinski definition) is 1. The second kappa shape index (κ2) is 6.25. The topological polar surface area (TPSA) is 69.0 Å². The Morgan fingerprint density at radius 2 is 2.30 bits per heavy atom. The molecule has 2 aromatic rings. The van der Waals surface area contributed by atoms with Crippen LogP contribution in [0.3, 0.4) is 0 Å². The highest BCUT2D eigenvalue weighted by Crippen LogP contribution is 2.17. The van der Waals surface area contributed by atoms with Crippen LogP contribution in [0.1, 0.15) is 13.8 Å². The second-order valence-corrected chi connectivity index (χ2v) is 4.41. The summed E-state index contributed by atoms with van der Waals surface area (Å²) >= 11 is 0. The number of carbonyl (C=O) groups is 1. The van der Waals surface area contributed by atoms with Gasteiger partial charge in [-0.1, -0.05) is 0 Å². The Balaban J connectivity index is 2.04. The summed E-state index contributed by atoms with van der Waals surface area (Å²) in [6.45, 7) is 3.60. The van der Waals surface area contributed by atoms with Gasteiger partial charge < -0.3 is 10.1 Å². The average molecular weight is 278 g/mol. The summed E-state index contributed by atoms with van der Waals surface area (Å²) in [6, 6.07) is 4.33. The highest BCUT2D eigenvalue weighted by molar-refractivity contribution is 5.91. The van der Waals surface area contributed by atoms with E-state index in [-0.39, 0.29) is 24.3 Å². The third-order valence-corrected chi connectivity index (χ3v) is 2.44. The molecule has 0 atom stereocenters. The summed E-state index contributed by atoms with van der Waals surface area (Å²) in [5, 5.41) is 6.41. The monoisotopic (exact) mass is 278 g/mol. The van der Waals surface area contributed by atoms with Crippen LogP contribution in [0.2, 0.25) is 0 Å². The smallest absolute Gasteiger partial charge is 0.250 e. The Hall–Kier alpha value is -2.28. The van der Waals surface area contributed by atoms with E-state index in [1.807, 2.05) is 13.8 Å². The first kappa shape index (κ1) is 14.1. The first-order valence-corrected chi connectivity index (χ1v) is 6.12. The number of benzene rings is 1. The van der Waals surface area contributed by atoms with Crippen LogP contribution >= 0.6 is 0 Å². The number of amides is 1. The molecule has 0 saturated carbocycles. The lowest BCUT2D eigenvalue weighted by molar-refractivity contribution is -0.121. The Morgan fingerprint density at radius 3 is 2.90 bits per heavy atom. The zero-order valence-corrected chi connectivity index (χ0v) is 11.2. The Morgan fingerprint density at radius 1 is 1.50 bits per heavy atom. The Labute approximate surface area is 115 Å². The van der Waals surface area contributed by atoms with Crippen LogP contribution in [-0.4, -0.2) is 33.4 Å². The second-order valence-electron chi connectivity index (χ2n) is 4.41. The molecule has 1 heterocycles. The third-order valence-electron chi connectivity index (χ3n) is 2.44. The third kappa shape index (κ3) is 3.61. The minimum absolute atomic E-state index is 0.0350. The Bertz CT molecular complexity index is 584. The van der Waals surface area contributed by atoms with Crippen LogP contribution in [0.5, 0.6) is 0 Å². The summed E-state index contributed by atoms with van der Waals surface area (Å²) in [6.07, 6.45) is 2.68. The van der Waals surface area contributed by atoms with E-state index >= 15 is 0 Å². The molecule has 1 amide bonds. The van der Waals surface area contributed by atoms with Crippen LogP contribution < -0.4 is 5.32 Å². The van der Waals surface area contributed by atoms with Gasteiger partial charge in [0.25, 0.3) is 0 Å². The Kier molecular flexibility index (Phi) is 4.41. The first-order chi connectivity index (χ1) is 9.56. The number of hydrogen-bond acceptors (Lipinski definition) is 4. The van der Waals surface area contributed by atoms with E-state index in [4.69, 9.17) is 4.74 Å². The number of ether oxygens (including phenoxy) is 1. The molecular weight excluding hydrogens is 263 g/mol. The standard InChI is InChI=1S/C13H15FN4O2/c1-9(2)20-6-13(19)17-10-3-4-12(11(14)5-10)18-8-15-7-16-18/h3-5,7-9H,6H2,1-2H3,(H,17,19). The SMILES string of the molecule is CC(C)OCC(=O)Nc1ccc(-n2cncn2)c(F)c1. The molecule has 0 aliphatic carbocycles. The maximum Gasteiger partial charge on any atom is 0.250 e. The molecule has 0 saturated heterocycles. The minimum atomic E-state index is -0.502. The van der Waals surface area contributed by atoms with E-state index in [9.17, 15) is 9.18 Å². The van der Waals surface area contributed by atoms with Gasteiger partial charge in [0.15, 0.2) is 5.82 Å². The lowest BCUT2D eigenvalue weighted by Gasteiger charge is -2.09. The molecule has 0 unspecified atom stereocenters. The molecule has 0 spiro atoms. The van der Waals surface area contributed by atoms with Crippen molar-refractivity contribution in [3.8, 4) is 5.69 Å². The molecule has 0 fully saturated rings. The number of carbonyl (C=O) groups excluding carboxylic acids is 1. The number of rotatable bonds is 5. The van der Waals surface area contributed by atoms with E-state index in [1.54, 1.807) is 6.07 Å². The van der Waals surface area contributed by atoms with Gasteiger partial charge in [-0.25, -0.2) is 14.1 Å². The summed E-state index contributed by atoms with van der Waals surface area (Å²) in [4.78, 5) is 15.3. The summed E-state index contributed by atoms with van der Waals surface area (Å²) < 4.78 is 20.4. The molecule has 6 nitrogen and oxygen atoms in total. The number of anilines is 1. The van der Waals surface area contributed by atoms with Crippen molar-refractivity contribution in [3.63, 3.8) is 0 Å². The van der Waals surface area contributed by atoms with Crippen molar-refractivity contribution < 1.29 is 13.9 Å². The normalized spacial score (nSPS) is 10.8. The van der Waals surface area contributed by atoms with Crippen molar-refractivity contribution in [2.24, 2.45) is 0 Å². The fourth-order valence-corrected chi connectivity index (χ4v) is 1.54. The van der Waals surface area contributed by atoms with Crippen molar-refractivity contribution >= 4 is 11.6 Å². The van der Waals surface area contributed by atoms with Crippen LogP contribution in [0.25, 0.3) is 5.69 Å². The van der Waals surface area contributed by atoms with Crippen molar-refractivity contribution in [1.82, 2.24) is 14.8 Å². The van der Waals surface area contributed by atoms with Gasteiger partial charge in [-0.2, -0.15) is 5.10 Å². The first-order valence-electron chi connectivity index (χ1n) is 6.12. The quantitative estimate of drug-likeness (QED) is 0.905. The minimum Gasteiger partial charge on any atom is -0.369 e. The van der Waals surface area contributed by atoms with Gasteiger partial charge in [-0.15, -0.1) is 0 Å². The van der Waals surface area contributed by atoms with Crippen molar-refractivity contribution in [2.45, 2.75) is 20.0 Å². The molecule has 1 aromatic carbocycles. The summed E-state index contributed by atoms with van der Waals surface area (Å²) in [5.74, 6) is -0.829. The largest absolute Gasteiger partial charge is 0.369 e. The fraction of sp³-hybridized carbons (Fsp3) is 0.308. The molecule has 0 bridgehead atoms. The molecule has 20 heavy (non-hydrogen) atoms. The van der Waals surface area contributed by atoms with Gasteiger partial charge in [-0.05, 0) is 32.0 Å². The highest BCUT2D eigenvalue weighted by Gasteiger charge is 2.09. The van der Waals surface area contributed by atoms with Crippen LogP contribution in [0.15, 0.2) is 30.9 Å². The fourth-order valence-electron chi connectivity index (χ4n) is 1.54. The summed E-state index contributed by atoms with van der Waals surface area (Å²) in [7, 11) is 0. The number of halogens is 1. The van der Waals surface area contributed by atoms with Gasteiger partial charge in [0.2, 0.25) is 5.91 Å². The highest BCUT2D eigenvalue weighted by atomic mass is 19.1. The molecule has 1 N–H and O–H groups in total. The van der Waals surface area contributed by atoms with Crippen molar-refractivity contribution in [2.75, 3.05) is 11.9 Å². The molecule has 1 aromatic heterocycles. The zero-order chi connectivity index (χ0) is 14.5. The van der Waals surface area contributed by atoms with E-state index < -0.39 is 5.82 Å². The predicted molar refractivity (Wildman–Crippen MR) is 71.0 cm³/mol. The van der Waals surface area contributed by atoms with Gasteiger partial charge in [0.1, 0.15) is 24.9 Å². The molecule has 0 radical (unpaired) electrons. The summed E-state index contributed by atoms with van der Waals surface area (Å²) in [5.41, 5.74) is 0.627. The van der Waals surface area contributed by atoms with Crippen molar-refractivity contribution in [3.05, 3.63) is 36.7 Å². The van der Waals surface area contributed by atoms with E-state index in [0.29, 0.717) is 5.69 Å². The number of aromatic nitrogens is 3. The van der Waals surface area contributed by atoms with Crippen LogP contribution in [0, 0.1) is 5.82 Å². The maximum atomic E-state index is 13.9. The van der Waals surface area contributed by atoms with E-state index in [0.717, 1.165) is 0 Å². The van der Waals surface area contributed by atoms with Crippen LogP contribution in [0.4, 0.5) is 10.1 Å². The van der Waals surface area contributed by atoms with Crippen LogP contribution in [-0.2, 0) is 9.53 Å². The zero-order valence-electron chi connectivity index (χ0n) is 11.2. The molecule has 106 valence electrons. The van der Waals surface area contributed by atoms with Gasteiger partial charge in [0, 0.05) is 5.69 Å². The molecule has 0 aliphatic heterocycles. The van der Waals surface area contributed by atoms with Crippen molar-refractivity contribution in [1.29, 1.82) is 0 Å². The molecular formula is C13H15FN4O2. The van der Waals surface area contributed by atoms with Gasteiger partial charge in [0.05, 0.1) is 6.10 Å². The molecule has 7 heteroatoms.